The molecule has 0 spiro atoms. The number of carboxylic acid groups (broad SMARTS) is 1. The second-order valence-corrected chi connectivity index (χ2v) is 6.16. The van der Waals surface area contributed by atoms with Crippen LogP contribution in [-0.2, 0) is 13.0 Å². The molecule has 2 aromatic carbocycles. The highest BCUT2D eigenvalue weighted by atomic mass is 35.5. The van der Waals surface area contributed by atoms with Gasteiger partial charge >= 0.3 is 5.97 Å². The number of fused-ring (bicyclic) bond motifs is 1. The monoisotopic (exact) mass is 378 g/mol. The van der Waals surface area contributed by atoms with E-state index in [4.69, 9.17) is 34.0 Å². The number of aromatic carboxylic acids is 1. The predicted molar refractivity (Wildman–Crippen MR) is 103 cm³/mol. The molecule has 0 unspecified atom stereocenters. The van der Waals surface area contributed by atoms with Gasteiger partial charge in [-0.1, -0.05) is 35.9 Å². The highest BCUT2D eigenvalue weighted by molar-refractivity contribution is 7.80. The van der Waals surface area contributed by atoms with Gasteiger partial charge in [0.25, 0.3) is 0 Å². The SMILES string of the molecule is CO.O=C(O)c1ccc(NC(=S)N2CCc3ccccc3C2)cc1Cl. The fraction of sp³-hybridized carbons (Fsp3) is 0.222. The lowest BCUT2D eigenvalue weighted by atomic mass is 10.0. The number of nitrogens with one attached hydrogen (secondary N) is 1. The second-order valence-electron chi connectivity index (χ2n) is 5.37. The third kappa shape index (κ3) is 4.69. The van der Waals surface area contributed by atoms with Crippen LogP contribution in [0.5, 0.6) is 0 Å². The highest BCUT2D eigenvalue weighted by Gasteiger charge is 2.18. The summed E-state index contributed by atoms with van der Waals surface area (Å²) in [7, 11) is 1.00. The van der Waals surface area contributed by atoms with E-state index in [9.17, 15) is 4.79 Å². The Morgan fingerprint density at radius 3 is 2.52 bits per heavy atom. The maximum atomic E-state index is 11.0. The molecule has 25 heavy (non-hydrogen) atoms. The molecule has 2 aromatic rings. The summed E-state index contributed by atoms with van der Waals surface area (Å²) < 4.78 is 0. The lowest BCUT2D eigenvalue weighted by Crippen LogP contribution is -2.38. The Hall–Kier alpha value is -2.15. The number of nitrogens with zero attached hydrogens (tertiary/aromatic N) is 1. The molecular weight excluding hydrogens is 360 g/mol. The molecule has 0 fully saturated rings. The van der Waals surface area contributed by atoms with E-state index < -0.39 is 5.97 Å². The van der Waals surface area contributed by atoms with Crippen LogP contribution in [0.2, 0.25) is 5.02 Å². The lowest BCUT2D eigenvalue weighted by molar-refractivity contribution is 0.0697. The topological polar surface area (TPSA) is 72.8 Å². The Kier molecular flexibility index (Phi) is 6.75. The fourth-order valence-electron chi connectivity index (χ4n) is 2.64. The van der Waals surface area contributed by atoms with Crippen molar-refractivity contribution in [2.24, 2.45) is 0 Å². The van der Waals surface area contributed by atoms with Crippen LogP contribution in [0.1, 0.15) is 21.5 Å². The molecule has 5 nitrogen and oxygen atoms in total. The number of hydrogen-bond donors (Lipinski definition) is 3. The summed E-state index contributed by atoms with van der Waals surface area (Å²) >= 11 is 11.5. The van der Waals surface area contributed by atoms with Crippen molar-refractivity contribution in [3.63, 3.8) is 0 Å². The van der Waals surface area contributed by atoms with Gasteiger partial charge in [0.15, 0.2) is 5.11 Å². The summed E-state index contributed by atoms with van der Waals surface area (Å²) in [4.78, 5) is 13.1. The van der Waals surface area contributed by atoms with E-state index >= 15 is 0 Å². The van der Waals surface area contributed by atoms with E-state index in [0.29, 0.717) is 10.8 Å². The van der Waals surface area contributed by atoms with Gasteiger partial charge in [0.2, 0.25) is 0 Å². The van der Waals surface area contributed by atoms with Crippen molar-refractivity contribution >= 4 is 40.6 Å². The van der Waals surface area contributed by atoms with Crippen LogP contribution in [0.25, 0.3) is 0 Å². The zero-order chi connectivity index (χ0) is 18.4. The molecule has 132 valence electrons. The number of aliphatic hydroxyl groups excluding tert-OH is 1. The minimum absolute atomic E-state index is 0.0787. The summed E-state index contributed by atoms with van der Waals surface area (Å²) in [6, 6.07) is 13.1. The van der Waals surface area contributed by atoms with Crippen LogP contribution in [0.3, 0.4) is 0 Å². The molecule has 0 aliphatic carbocycles. The highest BCUT2D eigenvalue weighted by Crippen LogP contribution is 2.23. The second kappa shape index (κ2) is 8.80. The number of benzene rings is 2. The largest absolute Gasteiger partial charge is 0.478 e. The summed E-state index contributed by atoms with van der Waals surface area (Å²) in [5.41, 5.74) is 3.40. The molecule has 0 atom stereocenters. The molecule has 0 aromatic heterocycles. The van der Waals surface area contributed by atoms with Crippen LogP contribution < -0.4 is 5.32 Å². The number of aliphatic hydroxyl groups is 1. The zero-order valence-electron chi connectivity index (χ0n) is 13.7. The Bertz CT molecular complexity index is 783. The molecule has 1 aliphatic rings. The quantitative estimate of drug-likeness (QED) is 0.695. The van der Waals surface area contributed by atoms with Crippen LogP contribution in [0.4, 0.5) is 5.69 Å². The fourth-order valence-corrected chi connectivity index (χ4v) is 3.17. The van der Waals surface area contributed by atoms with E-state index in [0.717, 1.165) is 26.6 Å². The van der Waals surface area contributed by atoms with Crippen LogP contribution in [0, 0.1) is 0 Å². The first-order valence-electron chi connectivity index (χ1n) is 7.65. The summed E-state index contributed by atoms with van der Waals surface area (Å²) in [6.45, 7) is 1.62. The van der Waals surface area contributed by atoms with Crippen molar-refractivity contribution in [2.45, 2.75) is 13.0 Å². The standard InChI is InChI=1S/C17H15ClN2O2S.CH4O/c18-15-9-13(5-6-14(15)16(21)22)19-17(23)20-8-7-11-3-1-2-4-12(11)10-20;1-2/h1-6,9H,7-8,10H2,(H,19,23)(H,21,22);2H,1H3. The van der Waals surface area contributed by atoms with Gasteiger partial charge in [-0.25, -0.2) is 4.79 Å². The Labute approximate surface area is 156 Å². The molecule has 3 rings (SSSR count). The number of carboxylic acids is 1. The third-order valence-electron chi connectivity index (χ3n) is 3.87. The number of anilines is 1. The Morgan fingerprint density at radius 2 is 1.88 bits per heavy atom. The maximum Gasteiger partial charge on any atom is 0.337 e. The number of thiocarbonyl (C=S) groups is 1. The molecule has 1 heterocycles. The van der Waals surface area contributed by atoms with E-state index in [1.54, 1.807) is 12.1 Å². The van der Waals surface area contributed by atoms with E-state index in [1.807, 2.05) is 6.07 Å². The number of rotatable bonds is 2. The summed E-state index contributed by atoms with van der Waals surface area (Å²) in [5.74, 6) is -1.04. The van der Waals surface area contributed by atoms with Gasteiger partial charge in [-0.15, -0.1) is 0 Å². The van der Waals surface area contributed by atoms with Gasteiger partial charge in [-0.3, -0.25) is 0 Å². The van der Waals surface area contributed by atoms with E-state index in [-0.39, 0.29) is 10.6 Å². The first kappa shape index (κ1) is 19.2. The van der Waals surface area contributed by atoms with Gasteiger partial charge in [-0.05, 0) is 48.0 Å². The van der Waals surface area contributed by atoms with Gasteiger partial charge in [-0.2, -0.15) is 0 Å². The first-order valence-corrected chi connectivity index (χ1v) is 8.43. The minimum atomic E-state index is -1.04. The molecule has 3 N–H and O–H groups in total. The van der Waals surface area contributed by atoms with Gasteiger partial charge in [0, 0.05) is 25.9 Å². The molecule has 0 bridgehead atoms. The van der Waals surface area contributed by atoms with Gasteiger partial charge in [0.05, 0.1) is 10.6 Å². The Morgan fingerprint density at radius 1 is 1.20 bits per heavy atom. The molecule has 0 amide bonds. The van der Waals surface area contributed by atoms with Crippen LogP contribution in [0.15, 0.2) is 42.5 Å². The molecule has 1 aliphatic heterocycles. The van der Waals surface area contributed by atoms with Crippen molar-refractivity contribution in [3.05, 3.63) is 64.2 Å². The number of halogens is 1. The van der Waals surface area contributed by atoms with Crippen LogP contribution >= 0.6 is 23.8 Å². The van der Waals surface area contributed by atoms with Crippen molar-refractivity contribution in [2.75, 3.05) is 19.0 Å². The third-order valence-corrected chi connectivity index (χ3v) is 4.54. The average molecular weight is 379 g/mol. The van der Waals surface area contributed by atoms with E-state index in [1.165, 1.54) is 17.2 Å². The maximum absolute atomic E-state index is 11.0. The van der Waals surface area contributed by atoms with Crippen molar-refractivity contribution in [1.29, 1.82) is 0 Å². The number of hydrogen-bond acceptors (Lipinski definition) is 3. The van der Waals surface area contributed by atoms with Crippen molar-refractivity contribution < 1.29 is 15.0 Å². The molecule has 7 heteroatoms. The minimum Gasteiger partial charge on any atom is -0.478 e. The first-order chi connectivity index (χ1) is 12.0. The van der Waals surface area contributed by atoms with Crippen molar-refractivity contribution in [3.8, 4) is 0 Å². The molecule has 0 saturated heterocycles. The molecule has 0 radical (unpaired) electrons. The van der Waals surface area contributed by atoms with Crippen molar-refractivity contribution in [1.82, 2.24) is 4.90 Å². The van der Waals surface area contributed by atoms with Gasteiger partial charge in [0.1, 0.15) is 0 Å². The summed E-state index contributed by atoms with van der Waals surface area (Å²) in [6.07, 6.45) is 0.955. The number of carbonyl (C=O) groups is 1. The van der Waals surface area contributed by atoms with Gasteiger partial charge < -0.3 is 20.4 Å². The average Bonchev–Trinajstić information content (AvgIpc) is 2.62. The van der Waals surface area contributed by atoms with E-state index in [2.05, 4.69) is 28.4 Å². The smallest absolute Gasteiger partial charge is 0.337 e. The molecular formula is C18H19ClN2O3S. The van der Waals surface area contributed by atoms with Crippen LogP contribution in [-0.4, -0.2) is 39.8 Å². The summed E-state index contributed by atoms with van der Waals surface area (Å²) in [5, 5.41) is 19.9. The normalized spacial score (nSPS) is 12.5. The zero-order valence-corrected chi connectivity index (χ0v) is 15.3. The molecule has 0 saturated carbocycles. The Balaban J connectivity index is 0.00000109. The lowest BCUT2D eigenvalue weighted by Gasteiger charge is -2.31. The predicted octanol–water partition coefficient (Wildman–Crippen LogP) is 3.40.